The Kier molecular flexibility index (Phi) is 2.13. The molecule has 19 heavy (non-hydrogen) atoms. The molecule has 0 amide bonds. The second kappa shape index (κ2) is 3.58. The number of carbonyl (C=O) groups excluding carboxylic acids is 2. The van der Waals surface area contributed by atoms with Crippen molar-refractivity contribution in [1.29, 1.82) is 0 Å². The van der Waals surface area contributed by atoms with E-state index in [0.717, 1.165) is 0 Å². The first-order valence-corrected chi connectivity index (χ1v) is 5.61. The first kappa shape index (κ1) is 11.3. The van der Waals surface area contributed by atoms with E-state index in [0.29, 0.717) is 0 Å². The van der Waals surface area contributed by atoms with E-state index < -0.39 is 11.6 Å². The lowest BCUT2D eigenvalue weighted by atomic mass is 9.82. The van der Waals surface area contributed by atoms with Crippen molar-refractivity contribution in [2.75, 3.05) is 11.5 Å². The van der Waals surface area contributed by atoms with Crippen molar-refractivity contribution in [2.24, 2.45) is 0 Å². The summed E-state index contributed by atoms with van der Waals surface area (Å²) in [6.45, 7) is 0. The van der Waals surface area contributed by atoms with Gasteiger partial charge in [0.25, 0.3) is 0 Å². The summed E-state index contributed by atoms with van der Waals surface area (Å²) in [5.74, 6) is -1.13. The van der Waals surface area contributed by atoms with Crippen LogP contribution in [0.2, 0.25) is 0 Å². The molecule has 0 atom stereocenters. The van der Waals surface area contributed by atoms with Crippen molar-refractivity contribution in [3.05, 3.63) is 52.6 Å². The zero-order valence-corrected chi connectivity index (χ0v) is 9.81. The molecule has 5 heteroatoms. The summed E-state index contributed by atoms with van der Waals surface area (Å²) in [5.41, 5.74) is 12.2. The summed E-state index contributed by atoms with van der Waals surface area (Å²) in [5, 5.41) is 9.80. The maximum Gasteiger partial charge on any atom is 0.198 e. The zero-order chi connectivity index (χ0) is 13.7. The van der Waals surface area contributed by atoms with E-state index in [1.54, 1.807) is 12.1 Å². The van der Waals surface area contributed by atoms with Gasteiger partial charge in [0.2, 0.25) is 0 Å². The van der Waals surface area contributed by atoms with Crippen molar-refractivity contribution in [1.82, 2.24) is 0 Å². The van der Waals surface area contributed by atoms with Crippen LogP contribution in [0.5, 0.6) is 5.75 Å². The molecular weight excluding hydrogens is 244 g/mol. The first-order chi connectivity index (χ1) is 9.02. The van der Waals surface area contributed by atoms with Gasteiger partial charge in [0, 0.05) is 16.9 Å². The summed E-state index contributed by atoms with van der Waals surface area (Å²) in [7, 11) is 0. The van der Waals surface area contributed by atoms with Crippen molar-refractivity contribution in [3.8, 4) is 5.75 Å². The topological polar surface area (TPSA) is 106 Å². The van der Waals surface area contributed by atoms with Gasteiger partial charge in [-0.05, 0) is 18.2 Å². The van der Waals surface area contributed by atoms with Crippen molar-refractivity contribution in [2.45, 2.75) is 0 Å². The van der Waals surface area contributed by atoms with Gasteiger partial charge < -0.3 is 16.6 Å². The third-order valence-corrected chi connectivity index (χ3v) is 3.24. The van der Waals surface area contributed by atoms with Crippen molar-refractivity contribution in [3.63, 3.8) is 0 Å². The number of nitrogens with two attached hydrogens (primary N) is 2. The molecule has 0 aliphatic heterocycles. The third-order valence-electron chi connectivity index (χ3n) is 3.24. The zero-order valence-electron chi connectivity index (χ0n) is 9.81. The van der Waals surface area contributed by atoms with Crippen LogP contribution in [-0.2, 0) is 0 Å². The molecule has 0 unspecified atom stereocenters. The van der Waals surface area contributed by atoms with Crippen LogP contribution in [0.25, 0.3) is 0 Å². The van der Waals surface area contributed by atoms with Crippen LogP contribution in [0.3, 0.4) is 0 Å². The van der Waals surface area contributed by atoms with E-state index in [4.69, 9.17) is 11.5 Å². The van der Waals surface area contributed by atoms with E-state index in [1.165, 1.54) is 18.2 Å². The van der Waals surface area contributed by atoms with Gasteiger partial charge in [-0.15, -0.1) is 0 Å². The smallest absolute Gasteiger partial charge is 0.198 e. The highest BCUT2D eigenvalue weighted by Crippen LogP contribution is 2.37. The van der Waals surface area contributed by atoms with E-state index in [1.807, 2.05) is 0 Å². The number of phenols is 1. The van der Waals surface area contributed by atoms with E-state index in [9.17, 15) is 14.7 Å². The number of hydrogen-bond acceptors (Lipinski definition) is 5. The molecule has 0 saturated heterocycles. The van der Waals surface area contributed by atoms with Gasteiger partial charge in [-0.1, -0.05) is 12.1 Å². The number of rotatable bonds is 0. The van der Waals surface area contributed by atoms with Crippen molar-refractivity contribution >= 4 is 22.9 Å². The Labute approximate surface area is 108 Å². The van der Waals surface area contributed by atoms with Gasteiger partial charge in [-0.25, -0.2) is 0 Å². The molecule has 5 N–H and O–H groups in total. The maximum absolute atomic E-state index is 12.4. The van der Waals surface area contributed by atoms with Crippen LogP contribution in [0.4, 0.5) is 11.4 Å². The monoisotopic (exact) mass is 254 g/mol. The summed E-state index contributed by atoms with van der Waals surface area (Å²) < 4.78 is 0. The molecule has 0 heterocycles. The number of aromatic hydroxyl groups is 1. The highest BCUT2D eigenvalue weighted by atomic mass is 16.3. The Hall–Kier alpha value is -2.82. The van der Waals surface area contributed by atoms with E-state index in [2.05, 4.69) is 0 Å². The quantitative estimate of drug-likeness (QED) is 0.414. The molecule has 0 spiro atoms. The Bertz CT molecular complexity index is 751. The second-order valence-corrected chi connectivity index (χ2v) is 4.35. The lowest BCUT2D eigenvalue weighted by molar-refractivity contribution is 0.0978. The third kappa shape index (κ3) is 1.35. The van der Waals surface area contributed by atoms with Crippen LogP contribution < -0.4 is 11.5 Å². The second-order valence-electron chi connectivity index (χ2n) is 4.35. The van der Waals surface area contributed by atoms with E-state index in [-0.39, 0.29) is 39.4 Å². The molecule has 1 aliphatic rings. The SMILES string of the molecule is Nc1cccc2c1C(=O)c1c(N)ccc(O)c1C2=O. The minimum atomic E-state index is -0.443. The molecule has 0 bridgehead atoms. The number of anilines is 2. The van der Waals surface area contributed by atoms with Gasteiger partial charge >= 0.3 is 0 Å². The number of nitrogen functional groups attached to an aromatic ring is 2. The number of fused-ring (bicyclic) bond motifs is 2. The molecule has 0 aromatic heterocycles. The molecule has 2 aromatic carbocycles. The largest absolute Gasteiger partial charge is 0.507 e. The summed E-state index contributed by atoms with van der Waals surface area (Å²) >= 11 is 0. The van der Waals surface area contributed by atoms with Gasteiger partial charge in [0.05, 0.1) is 16.7 Å². The Morgan fingerprint density at radius 3 is 2.21 bits per heavy atom. The molecule has 0 radical (unpaired) electrons. The Balaban J connectivity index is 2.43. The molecule has 0 saturated carbocycles. The molecule has 2 aromatic rings. The average Bonchev–Trinajstić information content (AvgIpc) is 2.38. The number of hydrogen-bond donors (Lipinski definition) is 3. The highest BCUT2D eigenvalue weighted by molar-refractivity contribution is 6.32. The van der Waals surface area contributed by atoms with Gasteiger partial charge in [0.1, 0.15) is 5.75 Å². The fourth-order valence-electron chi connectivity index (χ4n) is 2.35. The normalized spacial score (nSPS) is 13.1. The van der Waals surface area contributed by atoms with Gasteiger partial charge in [-0.3, -0.25) is 9.59 Å². The fraction of sp³-hybridized carbons (Fsp3) is 0. The minimum Gasteiger partial charge on any atom is -0.507 e. The van der Waals surface area contributed by atoms with E-state index >= 15 is 0 Å². The Morgan fingerprint density at radius 1 is 0.789 bits per heavy atom. The summed E-state index contributed by atoms with van der Waals surface area (Å²) in [6.07, 6.45) is 0. The standard InChI is InChI=1S/C14H10N2O3/c15-7-3-1-2-6-10(7)14(19)11-8(16)4-5-9(17)12(11)13(6)18/h1-5,17H,15-16H2. The average molecular weight is 254 g/mol. The molecule has 5 nitrogen and oxygen atoms in total. The van der Waals surface area contributed by atoms with Crippen LogP contribution >= 0.6 is 0 Å². The molecule has 1 aliphatic carbocycles. The maximum atomic E-state index is 12.4. The van der Waals surface area contributed by atoms with Gasteiger partial charge in [-0.2, -0.15) is 0 Å². The van der Waals surface area contributed by atoms with Crippen molar-refractivity contribution < 1.29 is 14.7 Å². The number of carbonyl (C=O) groups is 2. The molecule has 94 valence electrons. The van der Waals surface area contributed by atoms with Crippen LogP contribution in [-0.4, -0.2) is 16.7 Å². The van der Waals surface area contributed by atoms with Crippen LogP contribution in [0.1, 0.15) is 31.8 Å². The molecule has 0 fully saturated rings. The van der Waals surface area contributed by atoms with Crippen LogP contribution in [0, 0.1) is 0 Å². The minimum absolute atomic E-state index is 0.0235. The van der Waals surface area contributed by atoms with Crippen LogP contribution in [0.15, 0.2) is 30.3 Å². The first-order valence-electron chi connectivity index (χ1n) is 5.61. The Morgan fingerprint density at radius 2 is 1.47 bits per heavy atom. The molecular formula is C14H10N2O3. The van der Waals surface area contributed by atoms with Gasteiger partial charge in [0.15, 0.2) is 11.6 Å². The number of benzene rings is 2. The summed E-state index contributed by atoms with van der Waals surface area (Å²) in [6, 6.07) is 7.35. The molecule has 3 rings (SSSR count). The lowest BCUT2D eigenvalue weighted by Crippen LogP contribution is -2.23. The number of phenolic OH excluding ortho intramolecular Hbond substituents is 1. The lowest BCUT2D eigenvalue weighted by Gasteiger charge is -2.20. The summed E-state index contributed by atoms with van der Waals surface area (Å²) in [4.78, 5) is 24.8. The highest BCUT2D eigenvalue weighted by Gasteiger charge is 2.34. The predicted molar refractivity (Wildman–Crippen MR) is 70.2 cm³/mol. The fourth-order valence-corrected chi connectivity index (χ4v) is 2.35. The predicted octanol–water partition coefficient (Wildman–Crippen LogP) is 1.33. The number of ketones is 2.